The average molecular weight is 261 g/mol. The third-order valence-electron chi connectivity index (χ3n) is 2.97. The molecule has 19 heavy (non-hydrogen) atoms. The molecule has 0 radical (unpaired) electrons. The van der Waals surface area contributed by atoms with Gasteiger partial charge in [-0.2, -0.15) is 0 Å². The molecular formula is C14H15NO4. The zero-order valence-electron chi connectivity index (χ0n) is 10.9. The highest BCUT2D eigenvalue weighted by atomic mass is 16.5. The predicted octanol–water partition coefficient (Wildman–Crippen LogP) is 1.54. The lowest BCUT2D eigenvalue weighted by Gasteiger charge is -2.12. The number of amides is 2. The largest absolute Gasteiger partial charge is 0.466 e. The molecule has 0 bridgehead atoms. The van der Waals surface area contributed by atoms with Crippen LogP contribution in [0.1, 0.15) is 39.6 Å². The van der Waals surface area contributed by atoms with Crippen molar-refractivity contribution in [3.05, 3.63) is 34.9 Å². The second kappa shape index (κ2) is 5.22. The Balaban J connectivity index is 2.12. The molecule has 1 aromatic rings. The number of hydrogen-bond donors (Lipinski definition) is 0. The molecule has 100 valence electrons. The lowest BCUT2D eigenvalue weighted by molar-refractivity contribution is -0.143. The summed E-state index contributed by atoms with van der Waals surface area (Å²) in [5, 5.41) is 0. The first-order chi connectivity index (χ1) is 9.04. The molecule has 5 nitrogen and oxygen atoms in total. The fraction of sp³-hybridized carbons (Fsp3) is 0.357. The van der Waals surface area contributed by atoms with Crippen LogP contribution in [0.5, 0.6) is 0 Å². The average Bonchev–Trinajstić information content (AvgIpc) is 2.60. The van der Waals surface area contributed by atoms with Gasteiger partial charge in [-0.1, -0.05) is 11.6 Å². The van der Waals surface area contributed by atoms with Gasteiger partial charge in [-0.25, -0.2) is 0 Å². The Labute approximate surface area is 111 Å². The molecule has 1 aliphatic rings. The predicted molar refractivity (Wildman–Crippen MR) is 67.8 cm³/mol. The Bertz CT molecular complexity index is 550. The number of carbonyl (C=O) groups excluding carboxylic acids is 3. The maximum absolute atomic E-state index is 12.1. The van der Waals surface area contributed by atoms with E-state index in [2.05, 4.69) is 0 Å². The summed E-state index contributed by atoms with van der Waals surface area (Å²) in [6, 6.07) is 5.13. The molecule has 0 aliphatic carbocycles. The summed E-state index contributed by atoms with van der Waals surface area (Å²) >= 11 is 0. The highest BCUT2D eigenvalue weighted by molar-refractivity contribution is 6.21. The van der Waals surface area contributed by atoms with Crippen LogP contribution in [0.25, 0.3) is 0 Å². The Morgan fingerprint density at radius 3 is 2.58 bits per heavy atom. The molecule has 0 spiro atoms. The lowest BCUT2D eigenvalue weighted by Crippen LogP contribution is -2.32. The highest BCUT2D eigenvalue weighted by Gasteiger charge is 2.35. The van der Waals surface area contributed by atoms with Crippen LogP contribution in [0.15, 0.2) is 18.2 Å². The van der Waals surface area contributed by atoms with Crippen molar-refractivity contribution in [2.75, 3.05) is 13.2 Å². The fourth-order valence-corrected chi connectivity index (χ4v) is 2.04. The smallest absolute Gasteiger partial charge is 0.307 e. The van der Waals surface area contributed by atoms with Crippen LogP contribution >= 0.6 is 0 Å². The number of carbonyl (C=O) groups is 3. The van der Waals surface area contributed by atoms with E-state index in [1.54, 1.807) is 25.1 Å². The molecule has 0 saturated carbocycles. The molecular weight excluding hydrogens is 246 g/mol. The topological polar surface area (TPSA) is 63.7 Å². The van der Waals surface area contributed by atoms with Gasteiger partial charge in [0.25, 0.3) is 11.8 Å². The summed E-state index contributed by atoms with van der Waals surface area (Å²) < 4.78 is 4.78. The van der Waals surface area contributed by atoms with Gasteiger partial charge in [0.1, 0.15) is 0 Å². The van der Waals surface area contributed by atoms with Crippen molar-refractivity contribution in [3.63, 3.8) is 0 Å². The Morgan fingerprint density at radius 1 is 1.21 bits per heavy atom. The van der Waals surface area contributed by atoms with E-state index in [0.29, 0.717) is 17.7 Å². The molecule has 0 N–H and O–H groups in total. The molecule has 0 unspecified atom stereocenters. The zero-order chi connectivity index (χ0) is 14.0. The molecule has 1 heterocycles. The van der Waals surface area contributed by atoms with Crippen LogP contribution in [-0.2, 0) is 9.53 Å². The van der Waals surface area contributed by atoms with Crippen LogP contribution in [0.2, 0.25) is 0 Å². The second-order valence-electron chi connectivity index (χ2n) is 4.37. The molecule has 1 aromatic carbocycles. The fourth-order valence-electron chi connectivity index (χ4n) is 2.04. The van der Waals surface area contributed by atoms with Crippen molar-refractivity contribution in [1.29, 1.82) is 0 Å². The summed E-state index contributed by atoms with van der Waals surface area (Å²) in [7, 11) is 0. The van der Waals surface area contributed by atoms with Crippen molar-refractivity contribution in [2.45, 2.75) is 20.3 Å². The number of nitrogens with zero attached hydrogens (tertiary/aromatic N) is 1. The quantitative estimate of drug-likeness (QED) is 0.609. The molecule has 2 amide bonds. The zero-order valence-corrected chi connectivity index (χ0v) is 10.9. The summed E-state index contributed by atoms with van der Waals surface area (Å²) in [5.41, 5.74) is 1.74. The van der Waals surface area contributed by atoms with E-state index >= 15 is 0 Å². The van der Waals surface area contributed by atoms with E-state index < -0.39 is 5.97 Å². The molecule has 0 atom stereocenters. The van der Waals surface area contributed by atoms with Crippen molar-refractivity contribution in [1.82, 2.24) is 4.90 Å². The van der Waals surface area contributed by atoms with Gasteiger partial charge in [0.15, 0.2) is 0 Å². The number of benzene rings is 1. The van der Waals surface area contributed by atoms with E-state index in [1.165, 1.54) is 0 Å². The molecule has 1 aliphatic heterocycles. The maximum atomic E-state index is 12.1. The first-order valence-corrected chi connectivity index (χ1v) is 6.17. The molecule has 0 aromatic heterocycles. The molecule has 0 fully saturated rings. The molecule has 2 rings (SSSR count). The van der Waals surface area contributed by atoms with Gasteiger partial charge < -0.3 is 4.74 Å². The van der Waals surface area contributed by atoms with Gasteiger partial charge in [0.2, 0.25) is 0 Å². The van der Waals surface area contributed by atoms with Gasteiger partial charge in [-0.3, -0.25) is 19.3 Å². The second-order valence-corrected chi connectivity index (χ2v) is 4.37. The third-order valence-corrected chi connectivity index (χ3v) is 2.97. The maximum Gasteiger partial charge on any atom is 0.307 e. The Kier molecular flexibility index (Phi) is 3.64. The van der Waals surface area contributed by atoms with Gasteiger partial charge in [0, 0.05) is 6.54 Å². The number of imide groups is 1. The van der Waals surface area contributed by atoms with Crippen LogP contribution in [-0.4, -0.2) is 35.8 Å². The van der Waals surface area contributed by atoms with E-state index in [4.69, 9.17) is 4.74 Å². The molecule has 0 saturated heterocycles. The van der Waals surface area contributed by atoms with Crippen LogP contribution in [0.4, 0.5) is 0 Å². The van der Waals surface area contributed by atoms with E-state index in [1.807, 2.05) is 6.92 Å². The summed E-state index contributed by atoms with van der Waals surface area (Å²) in [6.07, 6.45) is 0.0261. The van der Waals surface area contributed by atoms with E-state index in [9.17, 15) is 14.4 Å². The van der Waals surface area contributed by atoms with E-state index in [-0.39, 0.29) is 24.8 Å². The number of ether oxygens (including phenoxy) is 1. The van der Waals surface area contributed by atoms with Crippen molar-refractivity contribution >= 4 is 17.8 Å². The lowest BCUT2D eigenvalue weighted by atomic mass is 10.1. The number of aryl methyl sites for hydroxylation is 1. The van der Waals surface area contributed by atoms with Crippen LogP contribution < -0.4 is 0 Å². The summed E-state index contributed by atoms with van der Waals surface area (Å²) in [5.74, 6) is -1.09. The van der Waals surface area contributed by atoms with Gasteiger partial charge in [0.05, 0.1) is 24.2 Å². The third kappa shape index (κ3) is 2.50. The molecule has 5 heteroatoms. The first kappa shape index (κ1) is 13.3. The van der Waals surface area contributed by atoms with E-state index in [0.717, 1.165) is 10.5 Å². The van der Waals surface area contributed by atoms with Gasteiger partial charge in [-0.05, 0) is 26.0 Å². The Hall–Kier alpha value is -2.17. The van der Waals surface area contributed by atoms with Gasteiger partial charge >= 0.3 is 5.97 Å². The standard InChI is InChI=1S/C14H15NO4/c1-3-19-12(16)6-7-15-13(17)10-5-4-9(2)8-11(10)14(15)18/h4-5,8H,3,6-7H2,1-2H3. The van der Waals surface area contributed by atoms with Crippen LogP contribution in [0.3, 0.4) is 0 Å². The summed E-state index contributed by atoms with van der Waals surface area (Å²) in [6.45, 7) is 3.92. The normalized spacial score (nSPS) is 13.7. The van der Waals surface area contributed by atoms with Gasteiger partial charge in [-0.15, -0.1) is 0 Å². The minimum atomic E-state index is -0.407. The summed E-state index contributed by atoms with van der Waals surface area (Å²) in [4.78, 5) is 36.5. The monoisotopic (exact) mass is 261 g/mol. The minimum absolute atomic E-state index is 0.0261. The minimum Gasteiger partial charge on any atom is -0.466 e. The Morgan fingerprint density at radius 2 is 1.89 bits per heavy atom. The number of esters is 1. The number of fused-ring (bicyclic) bond motifs is 1. The van der Waals surface area contributed by atoms with Crippen molar-refractivity contribution < 1.29 is 19.1 Å². The van der Waals surface area contributed by atoms with Crippen LogP contribution in [0, 0.1) is 6.92 Å². The highest BCUT2D eigenvalue weighted by Crippen LogP contribution is 2.23. The first-order valence-electron chi connectivity index (χ1n) is 6.17. The number of hydrogen-bond acceptors (Lipinski definition) is 4. The van der Waals surface area contributed by atoms with Crippen molar-refractivity contribution in [2.24, 2.45) is 0 Å². The number of rotatable bonds is 4. The SMILES string of the molecule is CCOC(=O)CCN1C(=O)c2ccc(C)cc2C1=O. The van der Waals surface area contributed by atoms with Crippen molar-refractivity contribution in [3.8, 4) is 0 Å².